The Kier molecular flexibility index (Phi) is 4.80. The minimum absolute atomic E-state index is 0.0651. The van der Waals surface area contributed by atoms with Gasteiger partial charge in [-0.15, -0.1) is 11.3 Å². The van der Waals surface area contributed by atoms with Gasteiger partial charge >= 0.3 is 0 Å². The number of hydrogen-bond donors (Lipinski definition) is 2. The second kappa shape index (κ2) is 6.41. The van der Waals surface area contributed by atoms with Crippen molar-refractivity contribution in [3.63, 3.8) is 0 Å². The number of nitrogens with one attached hydrogen (secondary N) is 1. The van der Waals surface area contributed by atoms with Crippen LogP contribution >= 0.6 is 11.3 Å². The number of carbonyl (C=O) groups is 1. The summed E-state index contributed by atoms with van der Waals surface area (Å²) in [4.78, 5) is 17.1. The molecular weight excluding hydrogens is 288 g/mol. The minimum Gasteiger partial charge on any atom is -0.444 e. The zero-order chi connectivity index (χ0) is 15.5. The van der Waals surface area contributed by atoms with Gasteiger partial charge in [0.05, 0.1) is 22.6 Å². The molecule has 5 nitrogen and oxygen atoms in total. The topological polar surface area (TPSA) is 75.4 Å². The van der Waals surface area contributed by atoms with E-state index in [4.69, 9.17) is 4.42 Å². The van der Waals surface area contributed by atoms with E-state index in [2.05, 4.69) is 10.3 Å². The molecule has 0 saturated carbocycles. The molecule has 2 aromatic rings. The van der Waals surface area contributed by atoms with Crippen molar-refractivity contribution in [2.24, 2.45) is 5.92 Å². The molecule has 0 saturated heterocycles. The Bertz CT molecular complexity index is 588. The Morgan fingerprint density at radius 3 is 2.95 bits per heavy atom. The lowest BCUT2D eigenvalue weighted by molar-refractivity contribution is -0.122. The summed E-state index contributed by atoms with van der Waals surface area (Å²) >= 11 is 1.54. The van der Waals surface area contributed by atoms with E-state index in [1.165, 1.54) is 17.6 Å². The number of amides is 1. The fourth-order valence-corrected chi connectivity index (χ4v) is 2.27. The van der Waals surface area contributed by atoms with Crippen molar-refractivity contribution in [3.8, 4) is 10.8 Å². The van der Waals surface area contributed by atoms with Crippen LogP contribution < -0.4 is 5.32 Å². The number of aliphatic hydroxyl groups is 1. The van der Waals surface area contributed by atoms with Gasteiger partial charge in [-0.2, -0.15) is 0 Å². The minimum atomic E-state index is -0.915. The number of carbonyl (C=O) groups excluding carboxylic acids is 1. The van der Waals surface area contributed by atoms with Gasteiger partial charge in [0.2, 0.25) is 11.8 Å². The van der Waals surface area contributed by atoms with Gasteiger partial charge in [0.25, 0.3) is 0 Å². The maximum absolute atomic E-state index is 11.9. The van der Waals surface area contributed by atoms with Gasteiger partial charge in [-0.25, -0.2) is 4.98 Å². The lowest BCUT2D eigenvalue weighted by atomic mass is 9.92. The summed E-state index contributed by atoms with van der Waals surface area (Å²) in [7, 11) is 0. The molecule has 2 heterocycles. The monoisotopic (exact) mass is 308 g/mol. The van der Waals surface area contributed by atoms with Crippen molar-refractivity contribution in [1.82, 2.24) is 10.3 Å². The van der Waals surface area contributed by atoms with Gasteiger partial charge in [0.1, 0.15) is 6.26 Å². The molecule has 21 heavy (non-hydrogen) atoms. The maximum Gasteiger partial charge on any atom is 0.236 e. The number of nitrogens with zero attached hydrogens (tertiary/aromatic N) is 1. The predicted molar refractivity (Wildman–Crippen MR) is 82.0 cm³/mol. The van der Waals surface area contributed by atoms with E-state index in [1.54, 1.807) is 6.92 Å². The molecule has 0 spiro atoms. The predicted octanol–water partition coefficient (Wildman–Crippen LogP) is 2.47. The average Bonchev–Trinajstić information content (AvgIpc) is 3.06. The molecule has 2 aromatic heterocycles. The van der Waals surface area contributed by atoms with E-state index < -0.39 is 5.60 Å². The SMILES string of the molecule is CC(C)C(C)(O)CNC(=O)Cc1coc(-c2cccs2)n1. The van der Waals surface area contributed by atoms with Crippen LogP contribution in [0.1, 0.15) is 26.5 Å². The molecule has 0 aliphatic carbocycles. The number of hydrogen-bond acceptors (Lipinski definition) is 5. The Morgan fingerprint density at radius 2 is 2.33 bits per heavy atom. The van der Waals surface area contributed by atoms with E-state index in [9.17, 15) is 9.90 Å². The third-order valence-electron chi connectivity index (χ3n) is 3.51. The molecule has 1 unspecified atom stereocenters. The Balaban J connectivity index is 1.89. The van der Waals surface area contributed by atoms with Gasteiger partial charge in [-0.1, -0.05) is 19.9 Å². The average molecular weight is 308 g/mol. The van der Waals surface area contributed by atoms with Crippen molar-refractivity contribution in [3.05, 3.63) is 29.5 Å². The molecule has 0 radical (unpaired) electrons. The second-order valence-electron chi connectivity index (χ2n) is 5.59. The van der Waals surface area contributed by atoms with Crippen molar-refractivity contribution in [2.45, 2.75) is 32.8 Å². The van der Waals surface area contributed by atoms with E-state index in [0.717, 1.165) is 4.88 Å². The highest BCUT2D eigenvalue weighted by molar-refractivity contribution is 7.13. The summed E-state index contributed by atoms with van der Waals surface area (Å²) in [6, 6.07) is 3.84. The lowest BCUT2D eigenvalue weighted by Gasteiger charge is -2.27. The zero-order valence-electron chi connectivity index (χ0n) is 12.4. The van der Waals surface area contributed by atoms with Crippen molar-refractivity contribution >= 4 is 17.2 Å². The molecule has 0 aliphatic rings. The molecule has 0 fully saturated rings. The highest BCUT2D eigenvalue weighted by atomic mass is 32.1. The molecule has 1 atom stereocenters. The Morgan fingerprint density at radius 1 is 1.57 bits per heavy atom. The zero-order valence-corrected chi connectivity index (χ0v) is 13.2. The van der Waals surface area contributed by atoms with Crippen molar-refractivity contribution in [2.75, 3.05) is 6.54 Å². The first kappa shape index (κ1) is 15.7. The summed E-state index contributed by atoms with van der Waals surface area (Å²) in [5, 5.41) is 14.8. The highest BCUT2D eigenvalue weighted by Gasteiger charge is 2.25. The first-order chi connectivity index (χ1) is 9.88. The van der Waals surface area contributed by atoms with Crippen LogP contribution in [0.15, 0.2) is 28.2 Å². The molecule has 6 heteroatoms. The van der Waals surface area contributed by atoms with Gasteiger partial charge in [-0.05, 0) is 24.3 Å². The van der Waals surface area contributed by atoms with Crippen LogP contribution in [-0.4, -0.2) is 28.1 Å². The number of oxazole rings is 1. The summed E-state index contributed by atoms with van der Waals surface area (Å²) in [6.07, 6.45) is 1.64. The highest BCUT2D eigenvalue weighted by Crippen LogP contribution is 2.23. The van der Waals surface area contributed by atoms with Crippen molar-refractivity contribution in [1.29, 1.82) is 0 Å². The molecule has 0 aromatic carbocycles. The molecule has 2 rings (SSSR count). The molecule has 0 bridgehead atoms. The fourth-order valence-electron chi connectivity index (χ4n) is 1.61. The summed E-state index contributed by atoms with van der Waals surface area (Å²) < 4.78 is 5.36. The third-order valence-corrected chi connectivity index (χ3v) is 4.37. The van der Waals surface area contributed by atoms with E-state index in [0.29, 0.717) is 11.6 Å². The smallest absolute Gasteiger partial charge is 0.236 e. The normalized spacial score (nSPS) is 14.1. The van der Waals surface area contributed by atoms with Crippen molar-refractivity contribution < 1.29 is 14.3 Å². The standard InChI is InChI=1S/C15H20N2O3S/c1-10(2)15(3,19)9-16-13(18)7-11-8-20-14(17-11)12-5-4-6-21-12/h4-6,8,10,19H,7,9H2,1-3H3,(H,16,18). The molecule has 0 aliphatic heterocycles. The quantitative estimate of drug-likeness (QED) is 0.859. The summed E-state index contributed by atoms with van der Waals surface area (Å²) in [5.41, 5.74) is -0.332. The Hall–Kier alpha value is -1.66. The van der Waals surface area contributed by atoms with Crippen LogP contribution in [0.3, 0.4) is 0 Å². The first-order valence-corrected chi connectivity index (χ1v) is 7.74. The van der Waals surface area contributed by atoms with Crippen LogP contribution in [0.25, 0.3) is 10.8 Å². The van der Waals surface area contributed by atoms with Gasteiger partial charge in [0.15, 0.2) is 0 Å². The van der Waals surface area contributed by atoms with E-state index >= 15 is 0 Å². The molecule has 2 N–H and O–H groups in total. The van der Waals surface area contributed by atoms with Crippen LogP contribution in [0.5, 0.6) is 0 Å². The van der Waals surface area contributed by atoms with Crippen LogP contribution in [-0.2, 0) is 11.2 Å². The van der Waals surface area contributed by atoms with E-state index in [1.807, 2.05) is 31.4 Å². The molecule has 1 amide bonds. The Labute approximate surface area is 128 Å². The maximum atomic E-state index is 11.9. The number of aromatic nitrogens is 1. The first-order valence-electron chi connectivity index (χ1n) is 6.86. The number of rotatable bonds is 6. The fraction of sp³-hybridized carbons (Fsp3) is 0.467. The second-order valence-corrected chi connectivity index (χ2v) is 6.53. The van der Waals surface area contributed by atoms with Crippen LogP contribution in [0.4, 0.5) is 0 Å². The molecule has 114 valence electrons. The molecular formula is C15H20N2O3S. The van der Waals surface area contributed by atoms with Gasteiger partial charge in [0, 0.05) is 6.54 Å². The summed E-state index contributed by atoms with van der Waals surface area (Å²) in [5.74, 6) is 0.416. The summed E-state index contributed by atoms with van der Waals surface area (Å²) in [6.45, 7) is 5.76. The lowest BCUT2D eigenvalue weighted by Crippen LogP contribution is -2.44. The van der Waals surface area contributed by atoms with Gasteiger partial charge in [-0.3, -0.25) is 4.79 Å². The third kappa shape index (κ3) is 4.15. The van der Waals surface area contributed by atoms with E-state index in [-0.39, 0.29) is 24.8 Å². The largest absolute Gasteiger partial charge is 0.444 e. The van der Waals surface area contributed by atoms with Crippen LogP contribution in [0, 0.1) is 5.92 Å². The van der Waals surface area contributed by atoms with Gasteiger partial charge < -0.3 is 14.8 Å². The number of thiophene rings is 1. The van der Waals surface area contributed by atoms with Crippen LogP contribution in [0.2, 0.25) is 0 Å².